The highest BCUT2D eigenvalue weighted by molar-refractivity contribution is 7.89. The average Bonchev–Trinajstić information content (AvgIpc) is 2.87. The summed E-state index contributed by atoms with van der Waals surface area (Å²) in [6.45, 7) is 1.75. The van der Waals surface area contributed by atoms with Crippen LogP contribution in [0, 0.1) is 0 Å². The number of sulfonamides is 1. The zero-order valence-electron chi connectivity index (χ0n) is 11.1. The molecule has 1 aromatic rings. The molecule has 2 aliphatic rings. The third-order valence-electron chi connectivity index (χ3n) is 3.70. The summed E-state index contributed by atoms with van der Waals surface area (Å²) in [6, 6.07) is 2.79. The Morgan fingerprint density at radius 1 is 1.14 bits per heavy atom. The molecule has 0 bridgehead atoms. The minimum atomic E-state index is -3.69. The minimum Gasteiger partial charge on any atom is -0.347 e. The molecule has 6 nitrogen and oxygen atoms in total. The van der Waals surface area contributed by atoms with Crippen LogP contribution >= 0.6 is 23.2 Å². The van der Waals surface area contributed by atoms with Crippen LogP contribution in [0.4, 0.5) is 0 Å². The maximum Gasteiger partial charge on any atom is 0.246 e. The molecular weight excluding hydrogens is 339 g/mol. The van der Waals surface area contributed by atoms with E-state index in [4.69, 9.17) is 32.7 Å². The molecule has 0 amide bonds. The van der Waals surface area contributed by atoms with Crippen LogP contribution in [-0.4, -0.2) is 49.8 Å². The van der Waals surface area contributed by atoms with Crippen molar-refractivity contribution < 1.29 is 17.9 Å². The third kappa shape index (κ3) is 2.91. The average molecular weight is 353 g/mol. The van der Waals surface area contributed by atoms with Crippen molar-refractivity contribution in [2.45, 2.75) is 23.5 Å². The van der Waals surface area contributed by atoms with Crippen molar-refractivity contribution in [3.63, 3.8) is 0 Å². The summed E-state index contributed by atoms with van der Waals surface area (Å²) in [4.78, 5) is 3.75. The largest absolute Gasteiger partial charge is 0.347 e. The first-order chi connectivity index (χ1) is 9.93. The zero-order chi connectivity index (χ0) is 15.1. The number of pyridine rings is 1. The highest BCUT2D eigenvalue weighted by atomic mass is 35.5. The van der Waals surface area contributed by atoms with Gasteiger partial charge in [0.15, 0.2) is 10.9 Å². The van der Waals surface area contributed by atoms with Gasteiger partial charge in [-0.25, -0.2) is 13.4 Å². The molecule has 21 heavy (non-hydrogen) atoms. The molecule has 0 N–H and O–H groups in total. The van der Waals surface area contributed by atoms with Crippen molar-refractivity contribution in [2.75, 3.05) is 26.3 Å². The SMILES string of the molecule is O=S(=O)(c1ccc(Cl)nc1Cl)N1CCC2(CC1)OCCO2. The molecule has 1 aromatic heterocycles. The lowest BCUT2D eigenvalue weighted by molar-refractivity contribution is -0.179. The van der Waals surface area contributed by atoms with Gasteiger partial charge in [0, 0.05) is 25.9 Å². The maximum atomic E-state index is 12.6. The van der Waals surface area contributed by atoms with Crippen molar-refractivity contribution in [3.8, 4) is 0 Å². The van der Waals surface area contributed by atoms with Gasteiger partial charge in [-0.3, -0.25) is 0 Å². The van der Waals surface area contributed by atoms with Gasteiger partial charge >= 0.3 is 0 Å². The fraction of sp³-hybridized carbons (Fsp3) is 0.583. The first-order valence-electron chi connectivity index (χ1n) is 6.53. The molecule has 116 valence electrons. The third-order valence-corrected chi connectivity index (χ3v) is 6.24. The van der Waals surface area contributed by atoms with Gasteiger partial charge in [0.1, 0.15) is 10.0 Å². The Kier molecular flexibility index (Phi) is 4.15. The quantitative estimate of drug-likeness (QED) is 0.760. The second-order valence-corrected chi connectivity index (χ2v) is 7.59. The van der Waals surface area contributed by atoms with Gasteiger partial charge in [-0.05, 0) is 12.1 Å². The van der Waals surface area contributed by atoms with E-state index in [-0.39, 0.29) is 15.2 Å². The first-order valence-corrected chi connectivity index (χ1v) is 8.73. The summed E-state index contributed by atoms with van der Waals surface area (Å²) in [5, 5.41) is 0.0421. The molecule has 0 atom stereocenters. The molecule has 2 fully saturated rings. The van der Waals surface area contributed by atoms with Gasteiger partial charge < -0.3 is 9.47 Å². The molecule has 3 rings (SSSR count). The van der Waals surface area contributed by atoms with E-state index in [2.05, 4.69) is 4.98 Å². The lowest BCUT2D eigenvalue weighted by Crippen LogP contribution is -2.47. The van der Waals surface area contributed by atoms with E-state index in [1.54, 1.807) is 0 Å². The predicted octanol–water partition coefficient (Wildman–Crippen LogP) is 1.92. The molecule has 0 aliphatic carbocycles. The van der Waals surface area contributed by atoms with Crippen LogP contribution in [0.15, 0.2) is 17.0 Å². The van der Waals surface area contributed by atoms with E-state index in [1.165, 1.54) is 16.4 Å². The molecule has 9 heteroatoms. The van der Waals surface area contributed by atoms with Crippen LogP contribution < -0.4 is 0 Å². The first kappa shape index (κ1) is 15.5. The number of rotatable bonds is 2. The minimum absolute atomic E-state index is 0.0298. The molecule has 3 heterocycles. The number of nitrogens with zero attached hydrogens (tertiary/aromatic N) is 2. The molecule has 0 radical (unpaired) electrons. The lowest BCUT2D eigenvalue weighted by Gasteiger charge is -2.36. The van der Waals surface area contributed by atoms with E-state index in [1.807, 2.05) is 0 Å². The fourth-order valence-electron chi connectivity index (χ4n) is 2.58. The fourth-order valence-corrected chi connectivity index (χ4v) is 4.66. The standard InChI is InChI=1S/C12H14Cl2N2O4S/c13-10-2-1-9(11(14)15-10)21(17,18)16-5-3-12(4-6-16)19-7-8-20-12/h1-2H,3-8H2. The number of hydrogen-bond acceptors (Lipinski definition) is 5. The summed E-state index contributed by atoms with van der Waals surface area (Å²) < 4.78 is 37.7. The van der Waals surface area contributed by atoms with Crippen molar-refractivity contribution >= 4 is 33.2 Å². The van der Waals surface area contributed by atoms with Crippen LogP contribution in [0.3, 0.4) is 0 Å². The topological polar surface area (TPSA) is 68.7 Å². The Balaban J connectivity index is 1.80. The number of aromatic nitrogens is 1. The zero-order valence-corrected chi connectivity index (χ0v) is 13.4. The Morgan fingerprint density at radius 3 is 2.33 bits per heavy atom. The molecule has 0 unspecified atom stereocenters. The van der Waals surface area contributed by atoms with Gasteiger partial charge in [0.2, 0.25) is 10.0 Å². The summed E-state index contributed by atoms with van der Waals surface area (Å²) in [5.41, 5.74) is 0. The van der Waals surface area contributed by atoms with Gasteiger partial charge in [-0.1, -0.05) is 23.2 Å². The van der Waals surface area contributed by atoms with E-state index in [0.29, 0.717) is 39.1 Å². The molecule has 1 spiro atoms. The summed E-state index contributed by atoms with van der Waals surface area (Å²) in [7, 11) is -3.69. The Bertz CT molecular complexity index is 637. The van der Waals surface area contributed by atoms with E-state index in [9.17, 15) is 8.42 Å². The number of halogens is 2. The van der Waals surface area contributed by atoms with Crippen molar-refractivity contribution in [1.29, 1.82) is 0 Å². The van der Waals surface area contributed by atoms with Gasteiger partial charge in [-0.2, -0.15) is 4.31 Å². The summed E-state index contributed by atoms with van der Waals surface area (Å²) in [5.74, 6) is -0.617. The number of hydrogen-bond donors (Lipinski definition) is 0. The number of piperidine rings is 1. The monoisotopic (exact) mass is 352 g/mol. The Morgan fingerprint density at radius 2 is 1.76 bits per heavy atom. The smallest absolute Gasteiger partial charge is 0.246 e. The molecule has 0 saturated carbocycles. The molecule has 2 aliphatic heterocycles. The van der Waals surface area contributed by atoms with Crippen LogP contribution in [0.2, 0.25) is 10.3 Å². The predicted molar refractivity (Wildman–Crippen MR) is 76.9 cm³/mol. The second kappa shape index (κ2) is 5.64. The van der Waals surface area contributed by atoms with E-state index < -0.39 is 15.8 Å². The van der Waals surface area contributed by atoms with Gasteiger partial charge in [0.25, 0.3) is 0 Å². The van der Waals surface area contributed by atoms with Crippen LogP contribution in [0.1, 0.15) is 12.8 Å². The van der Waals surface area contributed by atoms with Crippen LogP contribution in [0.25, 0.3) is 0 Å². The van der Waals surface area contributed by atoms with E-state index in [0.717, 1.165) is 0 Å². The molecule has 2 saturated heterocycles. The lowest BCUT2D eigenvalue weighted by atomic mass is 10.1. The Labute approximate surface area is 133 Å². The molecular formula is C12H14Cl2N2O4S. The van der Waals surface area contributed by atoms with Crippen LogP contribution in [-0.2, 0) is 19.5 Å². The van der Waals surface area contributed by atoms with Crippen molar-refractivity contribution in [2.24, 2.45) is 0 Å². The molecule has 0 aromatic carbocycles. The highest BCUT2D eigenvalue weighted by Crippen LogP contribution is 2.34. The summed E-state index contributed by atoms with van der Waals surface area (Å²) in [6.07, 6.45) is 1.01. The summed E-state index contributed by atoms with van der Waals surface area (Å²) >= 11 is 11.6. The van der Waals surface area contributed by atoms with E-state index >= 15 is 0 Å². The highest BCUT2D eigenvalue weighted by Gasteiger charge is 2.43. The second-order valence-electron chi connectivity index (χ2n) is 4.93. The van der Waals surface area contributed by atoms with Crippen LogP contribution in [0.5, 0.6) is 0 Å². The van der Waals surface area contributed by atoms with Crippen molar-refractivity contribution in [3.05, 3.63) is 22.4 Å². The van der Waals surface area contributed by atoms with Gasteiger partial charge in [0.05, 0.1) is 13.2 Å². The Hall–Kier alpha value is -0.440. The normalized spacial score (nSPS) is 22.8. The number of ether oxygens (including phenoxy) is 2. The van der Waals surface area contributed by atoms with Gasteiger partial charge in [-0.15, -0.1) is 0 Å². The maximum absolute atomic E-state index is 12.6. The van der Waals surface area contributed by atoms with Crippen molar-refractivity contribution in [1.82, 2.24) is 9.29 Å².